The number of nitrogens with zero attached hydrogens (tertiary/aromatic N) is 1. The highest BCUT2D eigenvalue weighted by Crippen LogP contribution is 2.29. The zero-order chi connectivity index (χ0) is 15.7. The van der Waals surface area contributed by atoms with Crippen molar-refractivity contribution >= 4 is 11.8 Å². The van der Waals surface area contributed by atoms with Crippen LogP contribution < -0.4 is 5.32 Å². The predicted molar refractivity (Wildman–Crippen MR) is 76.8 cm³/mol. The Morgan fingerprint density at radius 3 is 2.36 bits per heavy atom. The van der Waals surface area contributed by atoms with Crippen LogP contribution in [-0.4, -0.2) is 71.0 Å². The molecule has 3 aliphatic rings. The van der Waals surface area contributed by atoms with E-state index in [1.165, 1.54) is 0 Å². The molecule has 0 aromatic rings. The van der Waals surface area contributed by atoms with Crippen LogP contribution in [0, 0.1) is 5.92 Å². The van der Waals surface area contributed by atoms with E-state index in [-0.39, 0.29) is 30.7 Å². The molecule has 2 amide bonds. The summed E-state index contributed by atoms with van der Waals surface area (Å²) in [7, 11) is 0. The van der Waals surface area contributed by atoms with E-state index in [4.69, 9.17) is 4.74 Å². The molecule has 0 aromatic carbocycles. The maximum Gasteiger partial charge on any atom is 0.225 e. The molecule has 7 nitrogen and oxygen atoms in total. The molecule has 22 heavy (non-hydrogen) atoms. The SMILES string of the molecule is O=C(NC[C@H]1O[C@@H](CC(=O)N2CCCC2)[C@H](O)[C@@H]1O)C1CC1. The van der Waals surface area contributed by atoms with Gasteiger partial charge >= 0.3 is 0 Å². The Kier molecular flexibility index (Phi) is 4.65. The van der Waals surface area contributed by atoms with Gasteiger partial charge in [0.25, 0.3) is 0 Å². The van der Waals surface area contributed by atoms with Gasteiger partial charge in [-0.15, -0.1) is 0 Å². The molecule has 0 bridgehead atoms. The van der Waals surface area contributed by atoms with E-state index in [1.54, 1.807) is 4.90 Å². The van der Waals surface area contributed by atoms with Gasteiger partial charge in [-0.2, -0.15) is 0 Å². The summed E-state index contributed by atoms with van der Waals surface area (Å²) in [6, 6.07) is 0. The largest absolute Gasteiger partial charge is 0.388 e. The number of carbonyl (C=O) groups is 2. The fraction of sp³-hybridized carbons (Fsp3) is 0.867. The van der Waals surface area contributed by atoms with Crippen molar-refractivity contribution in [3.05, 3.63) is 0 Å². The van der Waals surface area contributed by atoms with Gasteiger partial charge in [-0.05, 0) is 25.7 Å². The molecule has 0 aromatic heterocycles. The lowest BCUT2D eigenvalue weighted by Crippen LogP contribution is -2.40. The zero-order valence-corrected chi connectivity index (χ0v) is 12.6. The number of amides is 2. The Hall–Kier alpha value is -1.18. The number of hydrogen-bond acceptors (Lipinski definition) is 5. The zero-order valence-electron chi connectivity index (χ0n) is 12.6. The Labute approximate surface area is 129 Å². The Balaban J connectivity index is 1.48. The predicted octanol–water partition coefficient (Wildman–Crippen LogP) is -0.986. The van der Waals surface area contributed by atoms with E-state index in [9.17, 15) is 19.8 Å². The molecule has 2 saturated heterocycles. The first kappa shape index (κ1) is 15.7. The highest BCUT2D eigenvalue weighted by molar-refractivity contribution is 5.80. The number of aliphatic hydroxyl groups is 2. The van der Waals surface area contributed by atoms with Crippen LogP contribution in [0.1, 0.15) is 32.1 Å². The number of carbonyl (C=O) groups excluding carboxylic acids is 2. The third-order valence-corrected chi connectivity index (χ3v) is 4.72. The second-order valence-electron chi connectivity index (χ2n) is 6.51. The molecule has 2 heterocycles. The first-order valence-electron chi connectivity index (χ1n) is 8.13. The van der Waals surface area contributed by atoms with E-state index in [1.807, 2.05) is 0 Å². The van der Waals surface area contributed by atoms with E-state index in [0.717, 1.165) is 38.8 Å². The minimum Gasteiger partial charge on any atom is -0.388 e. The molecule has 0 unspecified atom stereocenters. The molecule has 0 spiro atoms. The van der Waals surface area contributed by atoms with Crippen molar-refractivity contribution in [2.24, 2.45) is 5.92 Å². The van der Waals surface area contributed by atoms with Gasteiger partial charge in [0.15, 0.2) is 0 Å². The molecular weight excluding hydrogens is 288 g/mol. The summed E-state index contributed by atoms with van der Waals surface area (Å²) in [6.07, 6.45) is 0.401. The highest BCUT2D eigenvalue weighted by Gasteiger charge is 2.44. The molecular formula is C15H24N2O5. The third kappa shape index (κ3) is 3.42. The maximum atomic E-state index is 12.1. The summed E-state index contributed by atoms with van der Waals surface area (Å²) >= 11 is 0. The average molecular weight is 312 g/mol. The molecule has 1 aliphatic carbocycles. The Bertz CT molecular complexity index is 434. The van der Waals surface area contributed by atoms with E-state index < -0.39 is 24.4 Å². The third-order valence-electron chi connectivity index (χ3n) is 4.72. The Morgan fingerprint density at radius 2 is 1.73 bits per heavy atom. The lowest BCUT2D eigenvalue weighted by Gasteiger charge is -2.19. The minimum atomic E-state index is -1.09. The normalized spacial score (nSPS) is 34.9. The van der Waals surface area contributed by atoms with Crippen molar-refractivity contribution in [3.8, 4) is 0 Å². The topological polar surface area (TPSA) is 99.1 Å². The summed E-state index contributed by atoms with van der Waals surface area (Å²) in [5.74, 6) is 0.0225. The second-order valence-corrected chi connectivity index (χ2v) is 6.51. The fourth-order valence-corrected chi connectivity index (χ4v) is 3.12. The lowest BCUT2D eigenvalue weighted by atomic mass is 10.1. The van der Waals surface area contributed by atoms with Crippen LogP contribution in [0.2, 0.25) is 0 Å². The number of likely N-dealkylation sites (tertiary alicyclic amines) is 1. The monoisotopic (exact) mass is 312 g/mol. The maximum absolute atomic E-state index is 12.1. The molecule has 0 radical (unpaired) electrons. The van der Waals surface area contributed by atoms with Crippen LogP contribution >= 0.6 is 0 Å². The molecule has 4 atom stereocenters. The summed E-state index contributed by atoms with van der Waals surface area (Å²) in [5.41, 5.74) is 0. The van der Waals surface area contributed by atoms with Crippen LogP contribution in [0.4, 0.5) is 0 Å². The summed E-state index contributed by atoms with van der Waals surface area (Å²) in [6.45, 7) is 1.68. The van der Waals surface area contributed by atoms with E-state index in [0.29, 0.717) is 0 Å². The van der Waals surface area contributed by atoms with Crippen molar-refractivity contribution in [1.82, 2.24) is 10.2 Å². The molecule has 124 valence electrons. The first-order valence-corrected chi connectivity index (χ1v) is 8.13. The van der Waals surface area contributed by atoms with Crippen molar-refractivity contribution in [3.63, 3.8) is 0 Å². The molecule has 1 saturated carbocycles. The summed E-state index contributed by atoms with van der Waals surface area (Å²) < 4.78 is 5.60. The van der Waals surface area contributed by atoms with Crippen molar-refractivity contribution in [1.29, 1.82) is 0 Å². The molecule has 3 rings (SSSR count). The first-order chi connectivity index (χ1) is 10.6. The van der Waals surface area contributed by atoms with Gasteiger partial charge in [0.1, 0.15) is 18.3 Å². The van der Waals surface area contributed by atoms with Gasteiger partial charge in [0.05, 0.1) is 12.5 Å². The van der Waals surface area contributed by atoms with Gasteiger partial charge in [0, 0.05) is 25.6 Å². The molecule has 3 fully saturated rings. The quantitative estimate of drug-likeness (QED) is 0.606. The van der Waals surface area contributed by atoms with Crippen LogP contribution in [0.3, 0.4) is 0 Å². The average Bonchev–Trinajstić information content (AvgIpc) is 3.15. The Morgan fingerprint density at radius 1 is 1.09 bits per heavy atom. The van der Waals surface area contributed by atoms with Gasteiger partial charge in [-0.25, -0.2) is 0 Å². The summed E-state index contributed by atoms with van der Waals surface area (Å²) in [5, 5.41) is 22.8. The smallest absolute Gasteiger partial charge is 0.225 e. The fourth-order valence-electron chi connectivity index (χ4n) is 3.12. The number of ether oxygens (including phenoxy) is 1. The van der Waals surface area contributed by atoms with Crippen LogP contribution in [-0.2, 0) is 14.3 Å². The van der Waals surface area contributed by atoms with Crippen molar-refractivity contribution < 1.29 is 24.5 Å². The standard InChI is InChI=1S/C15H24N2O5/c18-12(17-5-1-2-6-17)7-10-13(19)14(20)11(22-10)8-16-15(21)9-3-4-9/h9-11,13-14,19-20H,1-8H2,(H,16,21)/t10-,11+,13-,14+/m0/s1. The van der Waals surface area contributed by atoms with Gasteiger partial charge in [-0.1, -0.05) is 0 Å². The van der Waals surface area contributed by atoms with E-state index in [2.05, 4.69) is 5.32 Å². The summed E-state index contributed by atoms with van der Waals surface area (Å²) in [4.78, 5) is 25.5. The van der Waals surface area contributed by atoms with Crippen LogP contribution in [0.5, 0.6) is 0 Å². The van der Waals surface area contributed by atoms with Gasteiger partial charge in [-0.3, -0.25) is 9.59 Å². The number of aliphatic hydroxyl groups excluding tert-OH is 2. The number of nitrogens with one attached hydrogen (secondary N) is 1. The van der Waals surface area contributed by atoms with Gasteiger partial charge in [0.2, 0.25) is 11.8 Å². The van der Waals surface area contributed by atoms with Gasteiger partial charge < -0.3 is 25.2 Å². The van der Waals surface area contributed by atoms with Crippen LogP contribution in [0.15, 0.2) is 0 Å². The lowest BCUT2D eigenvalue weighted by molar-refractivity contribution is -0.134. The highest BCUT2D eigenvalue weighted by atomic mass is 16.5. The number of hydrogen-bond donors (Lipinski definition) is 3. The second kappa shape index (κ2) is 6.52. The molecule has 3 N–H and O–H groups in total. The van der Waals surface area contributed by atoms with Crippen LogP contribution in [0.25, 0.3) is 0 Å². The van der Waals surface area contributed by atoms with E-state index >= 15 is 0 Å². The number of rotatable bonds is 5. The molecule has 2 aliphatic heterocycles. The minimum absolute atomic E-state index is 0.0260. The van der Waals surface area contributed by atoms with Crippen molar-refractivity contribution in [2.45, 2.75) is 56.5 Å². The molecule has 7 heteroatoms. The van der Waals surface area contributed by atoms with Crippen molar-refractivity contribution in [2.75, 3.05) is 19.6 Å².